The smallest absolute Gasteiger partial charge is 0.255 e. The van der Waals surface area contributed by atoms with Crippen LogP contribution in [0.5, 0.6) is 17.2 Å². The molecule has 0 aromatic heterocycles. The first-order valence-corrected chi connectivity index (χ1v) is 12.0. The van der Waals surface area contributed by atoms with Crippen molar-refractivity contribution >= 4 is 15.9 Å². The summed E-state index contributed by atoms with van der Waals surface area (Å²) in [7, 11) is 0.867. The lowest BCUT2D eigenvalue weighted by Crippen LogP contribution is -2.32. The van der Waals surface area contributed by atoms with Crippen LogP contribution in [-0.2, 0) is 16.6 Å². The van der Waals surface area contributed by atoms with Gasteiger partial charge in [0.05, 0.1) is 31.8 Å². The number of sulfonamides is 1. The highest BCUT2D eigenvalue weighted by molar-refractivity contribution is 7.89. The molecule has 1 saturated heterocycles. The summed E-state index contributed by atoms with van der Waals surface area (Å²) in [5.74, 6) is 1.09. The largest absolute Gasteiger partial charge is 0.497 e. The quantitative estimate of drug-likeness (QED) is 0.648. The van der Waals surface area contributed by atoms with E-state index >= 15 is 0 Å². The summed E-state index contributed by atoms with van der Waals surface area (Å²) in [6, 6.07) is 9.73. The van der Waals surface area contributed by atoms with Gasteiger partial charge in [0, 0.05) is 25.7 Å². The van der Waals surface area contributed by atoms with E-state index in [1.807, 2.05) is 0 Å². The number of ether oxygens (including phenoxy) is 3. The van der Waals surface area contributed by atoms with Crippen LogP contribution in [0.25, 0.3) is 0 Å². The van der Waals surface area contributed by atoms with Crippen molar-refractivity contribution in [1.29, 1.82) is 0 Å². The summed E-state index contributed by atoms with van der Waals surface area (Å²) in [4.78, 5) is 13.0. The van der Waals surface area contributed by atoms with Crippen LogP contribution >= 0.6 is 0 Å². The molecule has 0 radical (unpaired) electrons. The second kappa shape index (κ2) is 10.7. The topological polar surface area (TPSA) is 94.2 Å². The number of benzene rings is 2. The molecule has 1 N–H and O–H groups in total. The molecule has 2 aromatic carbocycles. The fourth-order valence-corrected chi connectivity index (χ4v) is 5.25. The number of carbonyl (C=O) groups is 1. The molecule has 1 aliphatic rings. The zero-order valence-electron chi connectivity index (χ0n) is 18.7. The monoisotopic (exact) mass is 462 g/mol. The van der Waals surface area contributed by atoms with Gasteiger partial charge in [0.25, 0.3) is 5.91 Å². The molecule has 1 heterocycles. The molecule has 0 bridgehead atoms. The zero-order chi connectivity index (χ0) is 23.1. The Balaban J connectivity index is 1.83. The van der Waals surface area contributed by atoms with E-state index in [1.54, 1.807) is 32.4 Å². The molecule has 1 aliphatic heterocycles. The fourth-order valence-electron chi connectivity index (χ4n) is 3.70. The number of methoxy groups -OCH3 is 3. The number of nitrogens with zero attached hydrogens (tertiary/aromatic N) is 1. The molecule has 9 heteroatoms. The molecule has 0 unspecified atom stereocenters. The number of rotatable bonds is 8. The highest BCUT2D eigenvalue weighted by Gasteiger charge is 2.27. The Kier molecular flexibility index (Phi) is 7.98. The number of hydrogen-bond donors (Lipinski definition) is 1. The van der Waals surface area contributed by atoms with Crippen LogP contribution in [-0.4, -0.2) is 53.0 Å². The summed E-state index contributed by atoms with van der Waals surface area (Å²) in [5.41, 5.74) is 0.945. The van der Waals surface area contributed by atoms with E-state index in [1.165, 1.54) is 29.6 Å². The van der Waals surface area contributed by atoms with E-state index in [2.05, 4.69) is 5.32 Å². The zero-order valence-corrected chi connectivity index (χ0v) is 19.5. The van der Waals surface area contributed by atoms with Crippen molar-refractivity contribution in [1.82, 2.24) is 9.62 Å². The van der Waals surface area contributed by atoms with Crippen LogP contribution in [0.15, 0.2) is 41.3 Å². The van der Waals surface area contributed by atoms with Gasteiger partial charge in [-0.05, 0) is 48.7 Å². The first kappa shape index (κ1) is 23.9. The highest BCUT2D eigenvalue weighted by atomic mass is 32.2. The van der Waals surface area contributed by atoms with Crippen LogP contribution in [0.1, 0.15) is 41.6 Å². The molecule has 0 saturated carbocycles. The molecule has 8 nitrogen and oxygen atoms in total. The molecular weight excluding hydrogens is 432 g/mol. The Bertz CT molecular complexity index is 1020. The minimum absolute atomic E-state index is 0.0911. The van der Waals surface area contributed by atoms with Gasteiger partial charge < -0.3 is 19.5 Å². The van der Waals surface area contributed by atoms with Crippen molar-refractivity contribution in [3.63, 3.8) is 0 Å². The van der Waals surface area contributed by atoms with Crippen molar-refractivity contribution in [2.45, 2.75) is 37.1 Å². The summed E-state index contributed by atoms with van der Waals surface area (Å²) in [6.07, 6.45) is 3.73. The van der Waals surface area contributed by atoms with Crippen molar-refractivity contribution < 1.29 is 27.4 Å². The van der Waals surface area contributed by atoms with Crippen molar-refractivity contribution in [3.05, 3.63) is 47.5 Å². The van der Waals surface area contributed by atoms with Gasteiger partial charge in [-0.15, -0.1) is 0 Å². The molecule has 0 aliphatic carbocycles. The Morgan fingerprint density at radius 3 is 2.09 bits per heavy atom. The van der Waals surface area contributed by atoms with Crippen LogP contribution in [0, 0.1) is 0 Å². The summed E-state index contributed by atoms with van der Waals surface area (Å²) in [6.45, 7) is 1.19. The molecular formula is C23H30N2O6S. The SMILES string of the molecule is COc1cc(CNC(=O)c2cc(S(=O)(=O)N3CCCCCC3)ccc2OC)cc(OC)c1. The average molecular weight is 463 g/mol. The maximum atomic E-state index is 13.2. The number of hydrogen-bond acceptors (Lipinski definition) is 6. The lowest BCUT2D eigenvalue weighted by atomic mass is 10.1. The van der Waals surface area contributed by atoms with Gasteiger partial charge in [-0.3, -0.25) is 4.79 Å². The van der Waals surface area contributed by atoms with E-state index in [-0.39, 0.29) is 17.0 Å². The molecule has 0 atom stereocenters. The molecule has 2 aromatic rings. The molecule has 0 spiro atoms. The van der Waals surface area contributed by atoms with Crippen LogP contribution < -0.4 is 19.5 Å². The third kappa shape index (κ3) is 5.52. The van der Waals surface area contributed by atoms with Gasteiger partial charge in [-0.2, -0.15) is 4.31 Å². The van der Waals surface area contributed by atoms with Gasteiger partial charge in [0.1, 0.15) is 17.2 Å². The van der Waals surface area contributed by atoms with Crippen molar-refractivity contribution in [2.75, 3.05) is 34.4 Å². The number of nitrogens with one attached hydrogen (secondary N) is 1. The summed E-state index contributed by atoms with van der Waals surface area (Å²) in [5, 5.41) is 2.82. The normalized spacial score (nSPS) is 15.0. The standard InChI is InChI=1S/C23H30N2O6S/c1-29-18-12-17(13-19(14-18)30-2)16-24-23(26)21-15-20(8-9-22(21)31-3)32(27,28)25-10-6-4-5-7-11-25/h8-9,12-15H,4-7,10-11,16H2,1-3H3,(H,24,26). The number of amides is 1. The second-order valence-corrected chi connectivity index (χ2v) is 9.52. The summed E-state index contributed by atoms with van der Waals surface area (Å²) >= 11 is 0. The van der Waals surface area contributed by atoms with Crippen LogP contribution in [0.4, 0.5) is 0 Å². The van der Waals surface area contributed by atoms with Crippen LogP contribution in [0.2, 0.25) is 0 Å². The van der Waals surface area contributed by atoms with Gasteiger partial charge in [0.15, 0.2) is 0 Å². The van der Waals surface area contributed by atoms with E-state index in [0.29, 0.717) is 30.3 Å². The Hall–Kier alpha value is -2.78. The van der Waals surface area contributed by atoms with Gasteiger partial charge in [-0.1, -0.05) is 12.8 Å². The minimum Gasteiger partial charge on any atom is -0.497 e. The third-order valence-electron chi connectivity index (χ3n) is 5.48. The summed E-state index contributed by atoms with van der Waals surface area (Å²) < 4.78 is 43.7. The average Bonchev–Trinajstić information content (AvgIpc) is 3.12. The predicted octanol–water partition coefficient (Wildman–Crippen LogP) is 3.21. The minimum atomic E-state index is -3.69. The molecule has 1 amide bonds. The van der Waals surface area contributed by atoms with Crippen LogP contribution in [0.3, 0.4) is 0 Å². The first-order valence-electron chi connectivity index (χ1n) is 10.6. The van der Waals surface area contributed by atoms with E-state index in [4.69, 9.17) is 14.2 Å². The molecule has 32 heavy (non-hydrogen) atoms. The van der Waals surface area contributed by atoms with Gasteiger partial charge >= 0.3 is 0 Å². The fraction of sp³-hybridized carbons (Fsp3) is 0.435. The molecule has 174 valence electrons. The van der Waals surface area contributed by atoms with Crippen molar-refractivity contribution in [2.24, 2.45) is 0 Å². The highest BCUT2D eigenvalue weighted by Crippen LogP contribution is 2.27. The molecule has 1 fully saturated rings. The third-order valence-corrected chi connectivity index (χ3v) is 7.38. The van der Waals surface area contributed by atoms with E-state index < -0.39 is 15.9 Å². The lowest BCUT2D eigenvalue weighted by molar-refractivity contribution is 0.0947. The van der Waals surface area contributed by atoms with Gasteiger partial charge in [0.2, 0.25) is 10.0 Å². The predicted molar refractivity (Wildman–Crippen MR) is 121 cm³/mol. The van der Waals surface area contributed by atoms with E-state index in [9.17, 15) is 13.2 Å². The first-order chi connectivity index (χ1) is 15.4. The molecule has 3 rings (SSSR count). The van der Waals surface area contributed by atoms with E-state index in [0.717, 1.165) is 31.2 Å². The lowest BCUT2D eigenvalue weighted by Gasteiger charge is -2.20. The van der Waals surface area contributed by atoms with Gasteiger partial charge in [-0.25, -0.2) is 8.42 Å². The maximum Gasteiger partial charge on any atom is 0.255 e. The Morgan fingerprint density at radius 2 is 1.53 bits per heavy atom. The number of carbonyl (C=O) groups excluding carboxylic acids is 1. The second-order valence-electron chi connectivity index (χ2n) is 7.58. The Labute approximate surface area is 189 Å². The Morgan fingerprint density at radius 1 is 0.906 bits per heavy atom. The maximum absolute atomic E-state index is 13.2. The van der Waals surface area contributed by atoms with Crippen molar-refractivity contribution in [3.8, 4) is 17.2 Å².